The minimum atomic E-state index is -0.559. The number of ether oxygens (including phenoxy) is 1. The third-order valence-electron chi connectivity index (χ3n) is 3.82. The average Bonchev–Trinajstić information content (AvgIpc) is 2.65. The van der Waals surface area contributed by atoms with Crippen LogP contribution in [0.25, 0.3) is 0 Å². The molecule has 0 radical (unpaired) electrons. The van der Waals surface area contributed by atoms with E-state index in [1.807, 2.05) is 25.1 Å². The molecule has 0 saturated carbocycles. The molecular weight excluding hydrogens is 318 g/mol. The Morgan fingerprint density at radius 1 is 1.04 bits per heavy atom. The van der Waals surface area contributed by atoms with Gasteiger partial charge in [-0.25, -0.2) is 4.79 Å². The van der Waals surface area contributed by atoms with E-state index in [1.54, 1.807) is 24.3 Å². The Balaban J connectivity index is 1.71. The van der Waals surface area contributed by atoms with Gasteiger partial charge in [-0.1, -0.05) is 42.5 Å². The molecule has 0 saturated heterocycles. The minimum Gasteiger partial charge on any atom is -0.452 e. The third kappa shape index (κ3) is 6.39. The van der Waals surface area contributed by atoms with Crippen molar-refractivity contribution in [3.63, 3.8) is 0 Å². The molecule has 132 valence electrons. The van der Waals surface area contributed by atoms with Gasteiger partial charge in [0.2, 0.25) is 0 Å². The van der Waals surface area contributed by atoms with Crippen LogP contribution < -0.4 is 5.32 Å². The third-order valence-corrected chi connectivity index (χ3v) is 3.82. The topological polar surface area (TPSA) is 75.6 Å². The average molecular weight is 341 g/mol. The van der Waals surface area contributed by atoms with Gasteiger partial charge in [0.05, 0.1) is 12.2 Å². The van der Waals surface area contributed by atoms with Crippen molar-refractivity contribution in [2.75, 3.05) is 6.61 Å². The molecule has 0 fully saturated rings. The molecule has 0 aliphatic heterocycles. The maximum atomic E-state index is 11.9. The Hall–Kier alpha value is -2.66. The quantitative estimate of drug-likeness (QED) is 0.723. The van der Waals surface area contributed by atoms with Gasteiger partial charge < -0.3 is 15.2 Å². The molecule has 0 aliphatic rings. The number of carbonyl (C=O) groups excluding carboxylic acids is 2. The number of hydrogen-bond acceptors (Lipinski definition) is 4. The number of rotatable bonds is 8. The van der Waals surface area contributed by atoms with Crippen LogP contribution in [0.15, 0.2) is 54.6 Å². The molecule has 0 bridgehead atoms. The zero-order chi connectivity index (χ0) is 18.1. The normalized spacial score (nSPS) is 11.6. The van der Waals surface area contributed by atoms with E-state index >= 15 is 0 Å². The SMILES string of the molecule is CC(CCc1ccccc1)NC(=O)COC(=O)c1ccc(CO)cc1. The van der Waals surface area contributed by atoms with Crippen molar-refractivity contribution in [2.24, 2.45) is 0 Å². The van der Waals surface area contributed by atoms with E-state index in [1.165, 1.54) is 5.56 Å². The number of nitrogens with one attached hydrogen (secondary N) is 1. The molecule has 2 aromatic carbocycles. The van der Waals surface area contributed by atoms with Crippen LogP contribution in [-0.2, 0) is 22.6 Å². The van der Waals surface area contributed by atoms with Crippen LogP contribution in [0.4, 0.5) is 0 Å². The highest BCUT2D eigenvalue weighted by atomic mass is 16.5. The lowest BCUT2D eigenvalue weighted by Crippen LogP contribution is -2.36. The number of amides is 1. The smallest absolute Gasteiger partial charge is 0.338 e. The van der Waals surface area contributed by atoms with Gasteiger partial charge in [0.25, 0.3) is 5.91 Å². The number of aryl methyl sites for hydroxylation is 1. The first-order chi connectivity index (χ1) is 12.1. The van der Waals surface area contributed by atoms with Crippen LogP contribution in [0.3, 0.4) is 0 Å². The number of hydrogen-bond donors (Lipinski definition) is 2. The van der Waals surface area contributed by atoms with Gasteiger partial charge in [0.15, 0.2) is 6.61 Å². The van der Waals surface area contributed by atoms with Crippen molar-refractivity contribution >= 4 is 11.9 Å². The second-order valence-corrected chi connectivity index (χ2v) is 5.92. The Morgan fingerprint density at radius 3 is 2.36 bits per heavy atom. The van der Waals surface area contributed by atoms with E-state index in [0.717, 1.165) is 12.8 Å². The zero-order valence-electron chi connectivity index (χ0n) is 14.3. The van der Waals surface area contributed by atoms with Crippen molar-refractivity contribution < 1.29 is 19.4 Å². The predicted molar refractivity (Wildman–Crippen MR) is 95.0 cm³/mol. The summed E-state index contributed by atoms with van der Waals surface area (Å²) in [7, 11) is 0. The fourth-order valence-electron chi connectivity index (χ4n) is 2.38. The van der Waals surface area contributed by atoms with E-state index in [-0.39, 0.29) is 25.2 Å². The molecule has 1 unspecified atom stereocenters. The van der Waals surface area contributed by atoms with Gasteiger partial charge >= 0.3 is 5.97 Å². The van der Waals surface area contributed by atoms with Crippen LogP contribution in [0.2, 0.25) is 0 Å². The largest absolute Gasteiger partial charge is 0.452 e. The lowest BCUT2D eigenvalue weighted by Gasteiger charge is -2.14. The summed E-state index contributed by atoms with van der Waals surface area (Å²) >= 11 is 0. The van der Waals surface area contributed by atoms with Crippen molar-refractivity contribution in [3.8, 4) is 0 Å². The summed E-state index contributed by atoms with van der Waals surface area (Å²) in [5.74, 6) is -0.877. The molecule has 0 heterocycles. The Labute approximate surface area is 147 Å². The van der Waals surface area contributed by atoms with Gasteiger partial charge in [-0.15, -0.1) is 0 Å². The van der Waals surface area contributed by atoms with Gasteiger partial charge in [0.1, 0.15) is 0 Å². The van der Waals surface area contributed by atoms with Crippen LogP contribution in [0.1, 0.15) is 34.8 Å². The van der Waals surface area contributed by atoms with Crippen LogP contribution in [0, 0.1) is 0 Å². The molecule has 0 spiro atoms. The number of aliphatic hydroxyl groups excluding tert-OH is 1. The Morgan fingerprint density at radius 2 is 1.72 bits per heavy atom. The first kappa shape index (κ1) is 18.7. The molecule has 25 heavy (non-hydrogen) atoms. The van der Waals surface area contributed by atoms with Crippen LogP contribution in [-0.4, -0.2) is 29.6 Å². The second kappa shape index (κ2) is 9.59. The van der Waals surface area contributed by atoms with Gasteiger partial charge in [-0.2, -0.15) is 0 Å². The second-order valence-electron chi connectivity index (χ2n) is 5.92. The first-order valence-electron chi connectivity index (χ1n) is 8.28. The van der Waals surface area contributed by atoms with Gasteiger partial charge in [-0.3, -0.25) is 4.79 Å². The molecule has 1 amide bonds. The predicted octanol–water partition coefficient (Wildman–Crippen LogP) is 2.47. The van der Waals surface area contributed by atoms with E-state index in [4.69, 9.17) is 9.84 Å². The van der Waals surface area contributed by atoms with E-state index < -0.39 is 5.97 Å². The molecule has 2 aromatic rings. The van der Waals surface area contributed by atoms with Crippen molar-refractivity contribution in [1.29, 1.82) is 0 Å². The summed E-state index contributed by atoms with van der Waals surface area (Å²) < 4.78 is 5.01. The molecule has 5 heteroatoms. The standard InChI is InChI=1S/C20H23NO4/c1-15(7-8-16-5-3-2-4-6-16)21-19(23)14-25-20(24)18-11-9-17(13-22)10-12-18/h2-6,9-12,15,22H,7-8,13-14H2,1H3,(H,21,23). The summed E-state index contributed by atoms with van der Waals surface area (Å²) in [4.78, 5) is 23.8. The van der Waals surface area contributed by atoms with E-state index in [0.29, 0.717) is 11.1 Å². The Kier molecular flexibility index (Phi) is 7.16. The monoisotopic (exact) mass is 341 g/mol. The van der Waals surface area contributed by atoms with Crippen molar-refractivity contribution in [1.82, 2.24) is 5.32 Å². The molecular formula is C20H23NO4. The summed E-state index contributed by atoms with van der Waals surface area (Å²) in [6.45, 7) is 1.53. The summed E-state index contributed by atoms with van der Waals surface area (Å²) in [5, 5.41) is 11.8. The van der Waals surface area contributed by atoms with Gasteiger partial charge in [0, 0.05) is 6.04 Å². The maximum absolute atomic E-state index is 11.9. The highest BCUT2D eigenvalue weighted by molar-refractivity contribution is 5.91. The van der Waals surface area contributed by atoms with Crippen LogP contribution in [0.5, 0.6) is 0 Å². The summed E-state index contributed by atoms with van der Waals surface area (Å²) in [6.07, 6.45) is 1.69. The molecule has 0 aromatic heterocycles. The lowest BCUT2D eigenvalue weighted by atomic mass is 10.1. The Bertz CT molecular complexity index is 683. The number of benzene rings is 2. The van der Waals surface area contributed by atoms with Crippen molar-refractivity contribution in [3.05, 3.63) is 71.3 Å². The molecule has 5 nitrogen and oxygen atoms in total. The first-order valence-corrected chi connectivity index (χ1v) is 8.28. The van der Waals surface area contributed by atoms with Crippen molar-refractivity contribution in [2.45, 2.75) is 32.4 Å². The highest BCUT2D eigenvalue weighted by Gasteiger charge is 2.12. The number of carbonyl (C=O) groups is 2. The zero-order valence-corrected chi connectivity index (χ0v) is 14.3. The number of esters is 1. The fraction of sp³-hybridized carbons (Fsp3) is 0.300. The lowest BCUT2D eigenvalue weighted by molar-refractivity contribution is -0.124. The maximum Gasteiger partial charge on any atom is 0.338 e. The fourth-order valence-corrected chi connectivity index (χ4v) is 2.38. The number of aliphatic hydroxyl groups is 1. The van der Waals surface area contributed by atoms with E-state index in [2.05, 4.69) is 17.4 Å². The molecule has 0 aliphatic carbocycles. The van der Waals surface area contributed by atoms with E-state index in [9.17, 15) is 9.59 Å². The molecule has 1 atom stereocenters. The molecule has 2 N–H and O–H groups in total. The molecule has 2 rings (SSSR count). The van der Waals surface area contributed by atoms with Gasteiger partial charge in [-0.05, 0) is 43.0 Å². The summed E-state index contributed by atoms with van der Waals surface area (Å²) in [5.41, 5.74) is 2.28. The minimum absolute atomic E-state index is 0.00440. The van der Waals surface area contributed by atoms with Crippen LogP contribution >= 0.6 is 0 Å². The highest BCUT2D eigenvalue weighted by Crippen LogP contribution is 2.07. The summed E-state index contributed by atoms with van der Waals surface area (Å²) in [6, 6.07) is 16.5.